The molecule has 3 heteroatoms. The van der Waals surface area contributed by atoms with Gasteiger partial charge in [0, 0.05) is 17.5 Å². The van der Waals surface area contributed by atoms with E-state index >= 15 is 0 Å². The molecule has 1 aromatic heterocycles. The molecule has 0 unspecified atom stereocenters. The summed E-state index contributed by atoms with van der Waals surface area (Å²) in [7, 11) is 0. The first-order valence-electron chi connectivity index (χ1n) is 4.35. The molecule has 70 valence electrons. The number of benzene rings is 1. The SMILES string of the molecule is Cc1ccnc(-c2ccc(O)cc2)n1. The Bertz CT molecular complexity index is 437. The van der Waals surface area contributed by atoms with Gasteiger partial charge < -0.3 is 5.11 Å². The summed E-state index contributed by atoms with van der Waals surface area (Å²) in [5.41, 5.74) is 1.84. The van der Waals surface area contributed by atoms with Crippen LogP contribution in [0.1, 0.15) is 5.69 Å². The maximum Gasteiger partial charge on any atom is 0.159 e. The van der Waals surface area contributed by atoms with Crippen LogP contribution in [0.5, 0.6) is 5.75 Å². The van der Waals surface area contributed by atoms with Crippen molar-refractivity contribution in [2.24, 2.45) is 0 Å². The fraction of sp³-hybridized carbons (Fsp3) is 0.0909. The van der Waals surface area contributed by atoms with Crippen LogP contribution in [-0.4, -0.2) is 15.1 Å². The molecule has 14 heavy (non-hydrogen) atoms. The second-order valence-electron chi connectivity index (χ2n) is 3.07. The molecule has 0 aliphatic rings. The van der Waals surface area contributed by atoms with Gasteiger partial charge in [0.05, 0.1) is 0 Å². The van der Waals surface area contributed by atoms with Crippen LogP contribution >= 0.6 is 0 Å². The van der Waals surface area contributed by atoms with E-state index in [2.05, 4.69) is 9.97 Å². The number of phenolic OH excluding ortho intramolecular Hbond substituents is 1. The van der Waals surface area contributed by atoms with Crippen molar-refractivity contribution in [2.75, 3.05) is 0 Å². The Morgan fingerprint density at radius 3 is 2.43 bits per heavy atom. The number of aryl methyl sites for hydroxylation is 1. The summed E-state index contributed by atoms with van der Waals surface area (Å²) in [5, 5.41) is 9.12. The molecule has 0 bridgehead atoms. The van der Waals surface area contributed by atoms with E-state index in [1.54, 1.807) is 30.5 Å². The quantitative estimate of drug-likeness (QED) is 0.742. The first-order chi connectivity index (χ1) is 6.75. The van der Waals surface area contributed by atoms with Crippen LogP contribution in [0.3, 0.4) is 0 Å². The summed E-state index contributed by atoms with van der Waals surface area (Å²) in [6.07, 6.45) is 1.73. The maximum absolute atomic E-state index is 9.12. The van der Waals surface area contributed by atoms with Crippen LogP contribution in [-0.2, 0) is 0 Å². The molecule has 1 aromatic carbocycles. The van der Waals surface area contributed by atoms with Crippen molar-refractivity contribution in [3.63, 3.8) is 0 Å². The van der Waals surface area contributed by atoms with E-state index in [-0.39, 0.29) is 5.75 Å². The van der Waals surface area contributed by atoms with Crippen molar-refractivity contribution in [2.45, 2.75) is 6.92 Å². The fourth-order valence-electron chi connectivity index (χ4n) is 1.20. The monoisotopic (exact) mass is 186 g/mol. The molecule has 2 rings (SSSR count). The Morgan fingerprint density at radius 1 is 1.07 bits per heavy atom. The zero-order chi connectivity index (χ0) is 9.97. The minimum absolute atomic E-state index is 0.251. The fourth-order valence-corrected chi connectivity index (χ4v) is 1.20. The third kappa shape index (κ3) is 1.71. The summed E-state index contributed by atoms with van der Waals surface area (Å²) in [5.74, 6) is 0.936. The first-order valence-corrected chi connectivity index (χ1v) is 4.35. The Kier molecular flexibility index (Phi) is 2.14. The first kappa shape index (κ1) is 8.69. The molecule has 0 aliphatic carbocycles. The van der Waals surface area contributed by atoms with Gasteiger partial charge in [-0.1, -0.05) is 0 Å². The minimum Gasteiger partial charge on any atom is -0.508 e. The second-order valence-corrected chi connectivity index (χ2v) is 3.07. The van der Waals surface area contributed by atoms with Crippen molar-refractivity contribution in [3.8, 4) is 17.1 Å². The molecule has 0 amide bonds. The van der Waals surface area contributed by atoms with Crippen LogP contribution in [0.25, 0.3) is 11.4 Å². The predicted molar refractivity (Wildman–Crippen MR) is 53.9 cm³/mol. The zero-order valence-corrected chi connectivity index (χ0v) is 7.81. The number of hydrogen-bond acceptors (Lipinski definition) is 3. The van der Waals surface area contributed by atoms with Gasteiger partial charge in [0.1, 0.15) is 5.75 Å². The number of phenols is 1. The zero-order valence-electron chi connectivity index (χ0n) is 7.81. The van der Waals surface area contributed by atoms with Gasteiger partial charge in [0.2, 0.25) is 0 Å². The maximum atomic E-state index is 9.12. The Labute approximate surface area is 82.1 Å². The van der Waals surface area contributed by atoms with E-state index in [1.807, 2.05) is 13.0 Å². The third-order valence-corrected chi connectivity index (χ3v) is 1.92. The van der Waals surface area contributed by atoms with Gasteiger partial charge in [0.15, 0.2) is 5.82 Å². The lowest BCUT2D eigenvalue weighted by Gasteiger charge is -2.00. The molecule has 3 nitrogen and oxygen atoms in total. The molecule has 2 aromatic rings. The molecule has 1 N–H and O–H groups in total. The van der Waals surface area contributed by atoms with Crippen molar-refractivity contribution < 1.29 is 5.11 Å². The number of nitrogens with zero attached hydrogens (tertiary/aromatic N) is 2. The highest BCUT2D eigenvalue weighted by molar-refractivity contribution is 5.55. The molecular weight excluding hydrogens is 176 g/mol. The minimum atomic E-state index is 0.251. The molecule has 0 aliphatic heterocycles. The average Bonchev–Trinajstić information content (AvgIpc) is 2.19. The molecule has 0 spiro atoms. The van der Waals surface area contributed by atoms with Gasteiger partial charge in [-0.15, -0.1) is 0 Å². The summed E-state index contributed by atoms with van der Waals surface area (Å²) in [6.45, 7) is 1.92. The average molecular weight is 186 g/mol. The largest absolute Gasteiger partial charge is 0.508 e. The van der Waals surface area contributed by atoms with E-state index in [0.717, 1.165) is 11.3 Å². The molecule has 1 heterocycles. The van der Waals surface area contributed by atoms with Crippen LogP contribution in [0.15, 0.2) is 36.5 Å². The van der Waals surface area contributed by atoms with Crippen molar-refractivity contribution >= 4 is 0 Å². The van der Waals surface area contributed by atoms with E-state index in [0.29, 0.717) is 5.82 Å². The van der Waals surface area contributed by atoms with E-state index < -0.39 is 0 Å². The number of rotatable bonds is 1. The van der Waals surface area contributed by atoms with Gasteiger partial charge in [-0.3, -0.25) is 0 Å². The van der Waals surface area contributed by atoms with Crippen LogP contribution in [0.4, 0.5) is 0 Å². The Hall–Kier alpha value is -1.90. The van der Waals surface area contributed by atoms with E-state index in [1.165, 1.54) is 0 Å². The van der Waals surface area contributed by atoms with Crippen molar-refractivity contribution in [3.05, 3.63) is 42.2 Å². The molecule has 0 saturated carbocycles. The van der Waals surface area contributed by atoms with E-state index in [4.69, 9.17) is 5.11 Å². The molecule has 0 atom stereocenters. The van der Waals surface area contributed by atoms with Gasteiger partial charge in [-0.05, 0) is 37.3 Å². The Morgan fingerprint density at radius 2 is 1.79 bits per heavy atom. The lowest BCUT2D eigenvalue weighted by Crippen LogP contribution is -1.89. The summed E-state index contributed by atoms with van der Waals surface area (Å²) >= 11 is 0. The van der Waals surface area contributed by atoms with Gasteiger partial charge in [0.25, 0.3) is 0 Å². The number of aromatic nitrogens is 2. The van der Waals surface area contributed by atoms with Gasteiger partial charge in [-0.25, -0.2) is 9.97 Å². The van der Waals surface area contributed by atoms with Crippen LogP contribution in [0, 0.1) is 6.92 Å². The molecule has 0 fully saturated rings. The highest BCUT2D eigenvalue weighted by Crippen LogP contribution is 2.17. The highest BCUT2D eigenvalue weighted by Gasteiger charge is 2.00. The molecule has 0 radical (unpaired) electrons. The van der Waals surface area contributed by atoms with Crippen molar-refractivity contribution in [1.82, 2.24) is 9.97 Å². The second kappa shape index (κ2) is 3.46. The van der Waals surface area contributed by atoms with Gasteiger partial charge in [-0.2, -0.15) is 0 Å². The summed E-state index contributed by atoms with van der Waals surface area (Å²) in [4.78, 5) is 8.43. The normalized spacial score (nSPS) is 10.1. The number of aromatic hydroxyl groups is 1. The van der Waals surface area contributed by atoms with Crippen molar-refractivity contribution in [1.29, 1.82) is 0 Å². The highest BCUT2D eigenvalue weighted by atomic mass is 16.3. The Balaban J connectivity index is 2.44. The van der Waals surface area contributed by atoms with Crippen LogP contribution in [0.2, 0.25) is 0 Å². The summed E-state index contributed by atoms with van der Waals surface area (Å²) in [6, 6.07) is 8.69. The molecular formula is C11H10N2O. The van der Waals surface area contributed by atoms with E-state index in [9.17, 15) is 0 Å². The smallest absolute Gasteiger partial charge is 0.159 e. The van der Waals surface area contributed by atoms with Gasteiger partial charge >= 0.3 is 0 Å². The van der Waals surface area contributed by atoms with Crippen LogP contribution < -0.4 is 0 Å². The lowest BCUT2D eigenvalue weighted by molar-refractivity contribution is 0.475. The summed E-state index contributed by atoms with van der Waals surface area (Å²) < 4.78 is 0. The standard InChI is InChI=1S/C11H10N2O/c1-8-6-7-12-11(13-8)9-2-4-10(14)5-3-9/h2-7,14H,1H3. The molecule has 0 saturated heterocycles. The predicted octanol–water partition coefficient (Wildman–Crippen LogP) is 2.16. The third-order valence-electron chi connectivity index (χ3n) is 1.92. The number of hydrogen-bond donors (Lipinski definition) is 1. The topological polar surface area (TPSA) is 46.0 Å². The lowest BCUT2D eigenvalue weighted by atomic mass is 10.2.